The Kier molecular flexibility index (Phi) is 4.87. The molecule has 2 aromatic carbocycles. The predicted molar refractivity (Wildman–Crippen MR) is 108 cm³/mol. The summed E-state index contributed by atoms with van der Waals surface area (Å²) in [6, 6.07) is 14.8. The molecular weight excluding hydrogens is 370 g/mol. The summed E-state index contributed by atoms with van der Waals surface area (Å²) in [5.74, 6) is 0.795. The van der Waals surface area contributed by atoms with Crippen molar-refractivity contribution in [3.63, 3.8) is 0 Å². The number of ether oxygens (including phenoxy) is 1. The molecule has 2 heterocycles. The minimum atomic E-state index is -0.537. The van der Waals surface area contributed by atoms with Crippen LogP contribution in [0.1, 0.15) is 28.0 Å². The van der Waals surface area contributed by atoms with E-state index in [1.165, 1.54) is 6.07 Å². The number of hydrogen-bond donors (Lipinski definition) is 1. The lowest BCUT2D eigenvalue weighted by atomic mass is 10.1. The number of para-hydroxylation sites is 1. The minimum Gasteiger partial charge on any atom is -0.497 e. The number of methoxy groups -OCH3 is 1. The van der Waals surface area contributed by atoms with E-state index in [1.54, 1.807) is 43.8 Å². The zero-order valence-corrected chi connectivity index (χ0v) is 16.0. The van der Waals surface area contributed by atoms with Crippen molar-refractivity contribution < 1.29 is 13.9 Å². The van der Waals surface area contributed by atoms with Gasteiger partial charge in [0.05, 0.1) is 12.5 Å². The first kappa shape index (κ1) is 18.5. The molecule has 0 aliphatic heterocycles. The lowest BCUT2D eigenvalue weighted by molar-refractivity contribution is 0.0913. The second-order valence-electron chi connectivity index (χ2n) is 6.55. The average Bonchev–Trinajstić information content (AvgIpc) is 3.17. The highest BCUT2D eigenvalue weighted by molar-refractivity contribution is 5.93. The van der Waals surface area contributed by atoms with E-state index >= 15 is 0 Å². The third kappa shape index (κ3) is 3.62. The number of aryl methyl sites for hydroxylation is 1. The molecule has 7 heteroatoms. The first-order valence-corrected chi connectivity index (χ1v) is 9.02. The topological polar surface area (TPSA) is 86.4 Å². The van der Waals surface area contributed by atoms with Gasteiger partial charge in [0.1, 0.15) is 23.2 Å². The van der Waals surface area contributed by atoms with Crippen LogP contribution in [-0.2, 0) is 7.05 Å². The molecular formula is C22H19N3O4. The zero-order chi connectivity index (χ0) is 20.4. The van der Waals surface area contributed by atoms with Crippen LogP contribution < -0.4 is 15.5 Å². The first-order chi connectivity index (χ1) is 14.1. The van der Waals surface area contributed by atoms with Crippen molar-refractivity contribution in [3.8, 4) is 5.75 Å². The molecule has 0 saturated carbocycles. The van der Waals surface area contributed by atoms with E-state index in [9.17, 15) is 9.59 Å². The Labute approximate surface area is 166 Å². The summed E-state index contributed by atoms with van der Waals surface area (Å²) in [4.78, 5) is 29.7. The molecule has 0 aliphatic rings. The second kappa shape index (κ2) is 7.63. The molecule has 2 aromatic heterocycles. The number of nitrogens with zero attached hydrogens (tertiary/aromatic N) is 2. The van der Waals surface area contributed by atoms with Crippen LogP contribution in [0.25, 0.3) is 11.0 Å². The Morgan fingerprint density at radius 2 is 1.93 bits per heavy atom. The molecule has 4 rings (SSSR count). The quantitative estimate of drug-likeness (QED) is 0.567. The molecule has 0 unspecified atom stereocenters. The maximum atomic E-state index is 12.9. The molecule has 29 heavy (non-hydrogen) atoms. The van der Waals surface area contributed by atoms with Crippen molar-refractivity contribution in [3.05, 3.63) is 94.4 Å². The molecule has 0 fully saturated rings. The van der Waals surface area contributed by atoms with E-state index in [2.05, 4.69) is 10.3 Å². The van der Waals surface area contributed by atoms with Gasteiger partial charge in [-0.15, -0.1) is 0 Å². The summed E-state index contributed by atoms with van der Waals surface area (Å²) < 4.78 is 12.7. The number of benzene rings is 2. The van der Waals surface area contributed by atoms with Crippen molar-refractivity contribution in [1.29, 1.82) is 0 Å². The molecule has 0 spiro atoms. The summed E-state index contributed by atoms with van der Waals surface area (Å²) in [5.41, 5.74) is 0.912. The van der Waals surface area contributed by atoms with Crippen LogP contribution in [0.4, 0.5) is 0 Å². The van der Waals surface area contributed by atoms with Gasteiger partial charge in [-0.2, -0.15) is 0 Å². The molecule has 1 amide bonds. The largest absolute Gasteiger partial charge is 0.497 e. The van der Waals surface area contributed by atoms with Gasteiger partial charge in [-0.05, 0) is 29.8 Å². The van der Waals surface area contributed by atoms with Crippen LogP contribution >= 0.6 is 0 Å². The van der Waals surface area contributed by atoms with E-state index < -0.39 is 11.9 Å². The SMILES string of the molecule is COc1ccc([C@@H](NC(=O)c2cc(=O)c3ccccc3o2)c2nccn2C)cc1. The normalized spacial score (nSPS) is 11.9. The molecule has 7 nitrogen and oxygen atoms in total. The second-order valence-corrected chi connectivity index (χ2v) is 6.55. The van der Waals surface area contributed by atoms with Crippen LogP contribution in [0.15, 0.2) is 76.2 Å². The third-order valence-corrected chi connectivity index (χ3v) is 4.70. The lowest BCUT2D eigenvalue weighted by Crippen LogP contribution is -2.31. The monoisotopic (exact) mass is 389 g/mol. The number of hydrogen-bond acceptors (Lipinski definition) is 5. The number of nitrogens with one attached hydrogen (secondary N) is 1. The number of imidazole rings is 1. The van der Waals surface area contributed by atoms with Crippen LogP contribution in [0, 0.1) is 0 Å². The predicted octanol–water partition coefficient (Wildman–Crippen LogP) is 3.05. The summed E-state index contributed by atoms with van der Waals surface area (Å²) in [7, 11) is 3.44. The van der Waals surface area contributed by atoms with E-state index in [0.29, 0.717) is 22.5 Å². The van der Waals surface area contributed by atoms with Crippen molar-refractivity contribution in [2.75, 3.05) is 7.11 Å². The fourth-order valence-electron chi connectivity index (χ4n) is 3.17. The molecule has 0 saturated heterocycles. The minimum absolute atomic E-state index is 0.0542. The van der Waals surface area contributed by atoms with E-state index in [4.69, 9.17) is 9.15 Å². The molecule has 0 radical (unpaired) electrons. The van der Waals surface area contributed by atoms with Crippen LogP contribution in [-0.4, -0.2) is 22.6 Å². The fourth-order valence-corrected chi connectivity index (χ4v) is 3.17. The summed E-state index contributed by atoms with van der Waals surface area (Å²) in [5, 5.41) is 3.36. The highest BCUT2D eigenvalue weighted by atomic mass is 16.5. The van der Waals surface area contributed by atoms with Gasteiger partial charge in [-0.3, -0.25) is 9.59 Å². The fraction of sp³-hybridized carbons (Fsp3) is 0.136. The number of rotatable bonds is 5. The van der Waals surface area contributed by atoms with Crippen molar-refractivity contribution >= 4 is 16.9 Å². The number of fused-ring (bicyclic) bond motifs is 1. The molecule has 146 valence electrons. The standard InChI is InChI=1S/C22H19N3O4/c1-25-12-11-23-21(25)20(14-7-9-15(28-2)10-8-14)24-22(27)19-13-17(26)16-5-3-4-6-18(16)29-19/h3-13,20H,1-2H3,(H,24,27)/t20-/m1/s1. The first-order valence-electron chi connectivity index (χ1n) is 9.02. The Balaban J connectivity index is 1.71. The van der Waals surface area contributed by atoms with E-state index in [0.717, 1.165) is 5.56 Å². The van der Waals surface area contributed by atoms with E-state index in [1.807, 2.05) is 35.9 Å². The van der Waals surface area contributed by atoms with Gasteiger partial charge in [-0.1, -0.05) is 24.3 Å². The lowest BCUT2D eigenvalue weighted by Gasteiger charge is -2.19. The molecule has 1 N–H and O–H groups in total. The Morgan fingerprint density at radius 3 is 2.62 bits per heavy atom. The van der Waals surface area contributed by atoms with Crippen molar-refractivity contribution in [1.82, 2.24) is 14.9 Å². The zero-order valence-electron chi connectivity index (χ0n) is 16.0. The van der Waals surface area contributed by atoms with Gasteiger partial charge in [0.2, 0.25) is 0 Å². The van der Waals surface area contributed by atoms with Gasteiger partial charge in [0.15, 0.2) is 11.2 Å². The van der Waals surface area contributed by atoms with Gasteiger partial charge in [0, 0.05) is 25.5 Å². The Morgan fingerprint density at radius 1 is 1.17 bits per heavy atom. The summed E-state index contributed by atoms with van der Waals surface area (Å²) >= 11 is 0. The van der Waals surface area contributed by atoms with Crippen LogP contribution in [0.2, 0.25) is 0 Å². The van der Waals surface area contributed by atoms with Crippen LogP contribution in [0.3, 0.4) is 0 Å². The Bertz CT molecular complexity index is 1220. The number of aromatic nitrogens is 2. The van der Waals surface area contributed by atoms with Gasteiger partial charge < -0.3 is 19.0 Å². The van der Waals surface area contributed by atoms with E-state index in [-0.39, 0.29) is 11.2 Å². The van der Waals surface area contributed by atoms with Crippen molar-refractivity contribution in [2.45, 2.75) is 6.04 Å². The van der Waals surface area contributed by atoms with Crippen molar-refractivity contribution in [2.24, 2.45) is 7.05 Å². The highest BCUT2D eigenvalue weighted by Crippen LogP contribution is 2.23. The molecule has 1 atom stereocenters. The highest BCUT2D eigenvalue weighted by Gasteiger charge is 2.23. The molecule has 4 aromatic rings. The number of carbonyl (C=O) groups is 1. The van der Waals surface area contributed by atoms with Gasteiger partial charge in [0.25, 0.3) is 5.91 Å². The third-order valence-electron chi connectivity index (χ3n) is 4.70. The summed E-state index contributed by atoms with van der Waals surface area (Å²) in [6.07, 6.45) is 3.46. The van der Waals surface area contributed by atoms with Crippen LogP contribution in [0.5, 0.6) is 5.75 Å². The maximum Gasteiger partial charge on any atom is 0.288 e. The molecule has 0 bridgehead atoms. The van der Waals surface area contributed by atoms with Gasteiger partial charge in [-0.25, -0.2) is 4.98 Å². The average molecular weight is 389 g/mol. The molecule has 0 aliphatic carbocycles. The summed E-state index contributed by atoms with van der Waals surface area (Å²) in [6.45, 7) is 0. The number of amides is 1. The Hall–Kier alpha value is -3.87. The maximum absolute atomic E-state index is 12.9. The van der Waals surface area contributed by atoms with Gasteiger partial charge >= 0.3 is 0 Å². The smallest absolute Gasteiger partial charge is 0.288 e. The number of carbonyl (C=O) groups excluding carboxylic acids is 1.